The Labute approximate surface area is 182 Å². The average molecular weight is 417 g/mol. The van der Waals surface area contributed by atoms with Gasteiger partial charge in [0.15, 0.2) is 0 Å². The molecule has 160 valence electrons. The molecule has 2 aliphatic rings. The quantitative estimate of drug-likeness (QED) is 0.643. The minimum atomic E-state index is 0.0163. The van der Waals surface area contributed by atoms with Crippen LogP contribution in [0.15, 0.2) is 47.3 Å². The number of hydrogen-bond acceptors (Lipinski definition) is 4. The first kappa shape index (κ1) is 19.8. The molecule has 5 rings (SSSR count). The van der Waals surface area contributed by atoms with Crippen LogP contribution in [0.2, 0.25) is 0 Å². The molecule has 2 aromatic carbocycles. The van der Waals surface area contributed by atoms with Crippen LogP contribution in [0.5, 0.6) is 0 Å². The SMILES string of the molecule is Cc1cccc(N2CCN(C(=O)c3ccc4c(=O)n5c(nc4c3)CCCCC5)CC2)c1. The van der Waals surface area contributed by atoms with E-state index in [0.717, 1.165) is 51.1 Å². The largest absolute Gasteiger partial charge is 0.368 e. The van der Waals surface area contributed by atoms with Gasteiger partial charge in [-0.25, -0.2) is 4.98 Å². The molecule has 1 fully saturated rings. The van der Waals surface area contributed by atoms with Crippen molar-refractivity contribution in [2.24, 2.45) is 0 Å². The van der Waals surface area contributed by atoms with Gasteiger partial charge in [-0.2, -0.15) is 0 Å². The summed E-state index contributed by atoms with van der Waals surface area (Å²) in [5, 5.41) is 0.603. The van der Waals surface area contributed by atoms with E-state index in [1.807, 2.05) is 9.47 Å². The lowest BCUT2D eigenvalue weighted by Gasteiger charge is -2.36. The Hall–Kier alpha value is -3.15. The predicted molar refractivity (Wildman–Crippen MR) is 123 cm³/mol. The number of benzene rings is 2. The van der Waals surface area contributed by atoms with Crippen LogP contribution in [0.1, 0.15) is 41.0 Å². The van der Waals surface area contributed by atoms with Crippen LogP contribution in [-0.4, -0.2) is 46.5 Å². The molecule has 0 spiro atoms. The van der Waals surface area contributed by atoms with E-state index >= 15 is 0 Å². The summed E-state index contributed by atoms with van der Waals surface area (Å²) in [5.74, 6) is 0.869. The molecule has 0 bridgehead atoms. The molecule has 1 aromatic heterocycles. The number of carbonyl (C=O) groups excluding carboxylic acids is 1. The van der Waals surface area contributed by atoms with Crippen molar-refractivity contribution in [3.05, 3.63) is 69.8 Å². The van der Waals surface area contributed by atoms with Crippen molar-refractivity contribution in [2.75, 3.05) is 31.1 Å². The molecular weight excluding hydrogens is 388 g/mol. The predicted octanol–water partition coefficient (Wildman–Crippen LogP) is 3.39. The Morgan fingerprint density at radius 3 is 2.58 bits per heavy atom. The molecule has 0 N–H and O–H groups in total. The lowest BCUT2D eigenvalue weighted by Crippen LogP contribution is -2.48. The molecule has 3 heterocycles. The standard InChI is InChI=1S/C25H28N4O2/c1-18-6-5-7-20(16-18)27-12-14-28(15-13-27)24(30)19-9-10-21-22(17-19)26-23-8-3-2-4-11-29(23)25(21)31/h5-7,9-10,16-17H,2-4,8,11-15H2,1H3. The first-order chi connectivity index (χ1) is 15.1. The maximum atomic E-state index is 13.2. The molecule has 2 aliphatic heterocycles. The summed E-state index contributed by atoms with van der Waals surface area (Å²) < 4.78 is 1.82. The third-order valence-corrected chi connectivity index (χ3v) is 6.50. The van der Waals surface area contributed by atoms with Gasteiger partial charge in [0, 0.05) is 50.4 Å². The van der Waals surface area contributed by atoms with Crippen LogP contribution in [0, 0.1) is 6.92 Å². The molecule has 0 radical (unpaired) electrons. The molecule has 6 heteroatoms. The van der Waals surface area contributed by atoms with Crippen molar-refractivity contribution >= 4 is 22.5 Å². The summed E-state index contributed by atoms with van der Waals surface area (Å²) in [4.78, 5) is 35.1. The van der Waals surface area contributed by atoms with E-state index < -0.39 is 0 Å². The van der Waals surface area contributed by atoms with E-state index in [9.17, 15) is 9.59 Å². The van der Waals surface area contributed by atoms with Crippen molar-refractivity contribution in [3.8, 4) is 0 Å². The Bertz CT molecular complexity index is 1190. The number of aryl methyl sites for hydroxylation is 2. The molecule has 0 aliphatic carbocycles. The van der Waals surface area contributed by atoms with Gasteiger partial charge < -0.3 is 9.80 Å². The van der Waals surface area contributed by atoms with Crippen LogP contribution in [0.25, 0.3) is 10.9 Å². The van der Waals surface area contributed by atoms with Crippen LogP contribution in [0.3, 0.4) is 0 Å². The second kappa shape index (κ2) is 8.17. The summed E-state index contributed by atoms with van der Waals surface area (Å²) in [6.45, 7) is 5.84. The second-order valence-electron chi connectivity index (χ2n) is 8.65. The van der Waals surface area contributed by atoms with Crippen LogP contribution in [0.4, 0.5) is 5.69 Å². The Morgan fingerprint density at radius 2 is 1.77 bits per heavy atom. The highest BCUT2D eigenvalue weighted by Gasteiger charge is 2.23. The highest BCUT2D eigenvalue weighted by molar-refractivity contribution is 5.97. The van der Waals surface area contributed by atoms with Gasteiger partial charge in [-0.05, 0) is 55.7 Å². The topological polar surface area (TPSA) is 58.4 Å². The second-order valence-corrected chi connectivity index (χ2v) is 8.65. The van der Waals surface area contributed by atoms with Gasteiger partial charge in [-0.3, -0.25) is 14.2 Å². The first-order valence-corrected chi connectivity index (χ1v) is 11.2. The van der Waals surface area contributed by atoms with E-state index in [1.165, 1.54) is 11.3 Å². The molecule has 0 unspecified atom stereocenters. The fourth-order valence-electron chi connectivity index (χ4n) is 4.73. The molecule has 6 nitrogen and oxygen atoms in total. The molecule has 1 saturated heterocycles. The van der Waals surface area contributed by atoms with Crippen molar-refractivity contribution in [2.45, 2.75) is 39.2 Å². The zero-order chi connectivity index (χ0) is 21.4. The number of carbonyl (C=O) groups is 1. The van der Waals surface area contributed by atoms with E-state index in [4.69, 9.17) is 4.98 Å². The molecule has 3 aromatic rings. The van der Waals surface area contributed by atoms with Gasteiger partial charge >= 0.3 is 0 Å². The highest BCUT2D eigenvalue weighted by Crippen LogP contribution is 2.20. The van der Waals surface area contributed by atoms with Crippen molar-refractivity contribution in [1.82, 2.24) is 14.5 Å². The summed E-state index contributed by atoms with van der Waals surface area (Å²) >= 11 is 0. The zero-order valence-corrected chi connectivity index (χ0v) is 18.0. The maximum Gasteiger partial charge on any atom is 0.261 e. The highest BCUT2D eigenvalue weighted by atomic mass is 16.2. The molecular formula is C25H28N4O2. The lowest BCUT2D eigenvalue weighted by molar-refractivity contribution is 0.0747. The Kier molecular flexibility index (Phi) is 5.22. The van der Waals surface area contributed by atoms with E-state index in [2.05, 4.69) is 36.1 Å². The smallest absolute Gasteiger partial charge is 0.261 e. The number of fused-ring (bicyclic) bond motifs is 2. The van der Waals surface area contributed by atoms with E-state index in [1.54, 1.807) is 18.2 Å². The van der Waals surface area contributed by atoms with E-state index in [-0.39, 0.29) is 11.5 Å². The van der Waals surface area contributed by atoms with Crippen LogP contribution < -0.4 is 10.5 Å². The number of aromatic nitrogens is 2. The Morgan fingerprint density at radius 1 is 0.935 bits per heavy atom. The monoisotopic (exact) mass is 416 g/mol. The minimum Gasteiger partial charge on any atom is -0.368 e. The van der Waals surface area contributed by atoms with Gasteiger partial charge in [0.25, 0.3) is 11.5 Å². The van der Waals surface area contributed by atoms with Crippen molar-refractivity contribution in [3.63, 3.8) is 0 Å². The molecule has 0 saturated carbocycles. The van der Waals surface area contributed by atoms with Gasteiger partial charge in [0.05, 0.1) is 10.9 Å². The average Bonchev–Trinajstić information content (AvgIpc) is 3.04. The van der Waals surface area contributed by atoms with Crippen molar-refractivity contribution < 1.29 is 4.79 Å². The number of amides is 1. The number of rotatable bonds is 2. The van der Waals surface area contributed by atoms with E-state index in [0.29, 0.717) is 29.6 Å². The number of piperazine rings is 1. The maximum absolute atomic E-state index is 13.2. The molecule has 1 amide bonds. The fraction of sp³-hybridized carbons (Fsp3) is 0.400. The van der Waals surface area contributed by atoms with Gasteiger partial charge in [-0.1, -0.05) is 18.6 Å². The lowest BCUT2D eigenvalue weighted by atomic mass is 10.1. The normalized spacial score (nSPS) is 16.8. The summed E-state index contributed by atoms with van der Waals surface area (Å²) in [5.41, 5.74) is 3.73. The zero-order valence-electron chi connectivity index (χ0n) is 18.0. The van der Waals surface area contributed by atoms with Crippen molar-refractivity contribution in [1.29, 1.82) is 0 Å². The molecule has 0 atom stereocenters. The fourth-order valence-corrected chi connectivity index (χ4v) is 4.73. The van der Waals surface area contributed by atoms with Crippen LogP contribution >= 0.6 is 0 Å². The summed E-state index contributed by atoms with van der Waals surface area (Å²) in [7, 11) is 0. The number of nitrogens with zero attached hydrogens (tertiary/aromatic N) is 4. The Balaban J connectivity index is 1.36. The third kappa shape index (κ3) is 3.82. The first-order valence-electron chi connectivity index (χ1n) is 11.2. The van der Waals surface area contributed by atoms with Gasteiger partial charge in [0.2, 0.25) is 0 Å². The van der Waals surface area contributed by atoms with Gasteiger partial charge in [-0.15, -0.1) is 0 Å². The van der Waals surface area contributed by atoms with Crippen LogP contribution in [-0.2, 0) is 13.0 Å². The van der Waals surface area contributed by atoms with Gasteiger partial charge in [0.1, 0.15) is 5.82 Å². The summed E-state index contributed by atoms with van der Waals surface area (Å²) in [6, 6.07) is 13.9. The summed E-state index contributed by atoms with van der Waals surface area (Å²) in [6.07, 6.45) is 4.02. The number of hydrogen-bond donors (Lipinski definition) is 0. The minimum absolute atomic E-state index is 0.0163. The molecule has 31 heavy (non-hydrogen) atoms. The third-order valence-electron chi connectivity index (χ3n) is 6.50. The number of anilines is 1.